The van der Waals surface area contributed by atoms with E-state index in [0.717, 1.165) is 54.3 Å². The van der Waals surface area contributed by atoms with Crippen molar-refractivity contribution in [1.29, 1.82) is 0 Å². The monoisotopic (exact) mass is 487 g/mol. The Hall–Kier alpha value is -2.15. The zero-order chi connectivity index (χ0) is 21.5. The number of Topliss-reactive ketones (excluding diaryl/α,β-unsaturated/α-hetero) is 1. The third-order valence-electron chi connectivity index (χ3n) is 6.75. The smallest absolute Gasteiger partial charge is 0.315 e. The molecule has 31 heavy (non-hydrogen) atoms. The average Bonchev–Trinajstić information content (AvgIpc) is 3.20. The first-order valence-electron chi connectivity index (χ1n) is 11.1. The van der Waals surface area contributed by atoms with Gasteiger partial charge in [0, 0.05) is 33.8 Å². The molecule has 1 aromatic rings. The quantitative estimate of drug-likeness (QED) is 0.545. The van der Waals surface area contributed by atoms with Gasteiger partial charge in [0.15, 0.2) is 17.3 Å². The lowest BCUT2D eigenvalue weighted by Gasteiger charge is -2.36. The number of nitrogens with zero attached hydrogens (tertiary/aromatic N) is 1. The minimum atomic E-state index is -0.626. The molecule has 1 fully saturated rings. The van der Waals surface area contributed by atoms with Gasteiger partial charge in [-0.15, -0.1) is 0 Å². The molecule has 0 radical (unpaired) electrons. The number of rotatable bonds is 3. The summed E-state index contributed by atoms with van der Waals surface area (Å²) in [5.41, 5.74) is 3.02. The molecule has 0 bridgehead atoms. The van der Waals surface area contributed by atoms with E-state index in [2.05, 4.69) is 15.9 Å². The summed E-state index contributed by atoms with van der Waals surface area (Å²) < 4.78 is 17.9. The molecule has 1 saturated carbocycles. The summed E-state index contributed by atoms with van der Waals surface area (Å²) in [6, 6.07) is 3.75. The van der Waals surface area contributed by atoms with E-state index in [4.69, 9.17) is 19.2 Å². The third kappa shape index (κ3) is 3.81. The van der Waals surface area contributed by atoms with E-state index in [1.807, 2.05) is 19.1 Å². The molecule has 2 atom stereocenters. The number of hydrogen-bond acceptors (Lipinski definition) is 6. The fraction of sp³-hybridized carbons (Fsp3) is 0.542. The van der Waals surface area contributed by atoms with Crippen LogP contribution in [0.5, 0.6) is 11.5 Å². The Bertz CT molecular complexity index is 992. The van der Waals surface area contributed by atoms with Crippen molar-refractivity contribution in [2.45, 2.75) is 70.3 Å². The number of carbonyl (C=O) groups is 2. The normalized spacial score (nSPS) is 25.9. The first-order valence-corrected chi connectivity index (χ1v) is 11.9. The zero-order valence-electron chi connectivity index (χ0n) is 17.6. The summed E-state index contributed by atoms with van der Waals surface area (Å²) in [5, 5.41) is 0. The lowest BCUT2D eigenvalue weighted by molar-refractivity contribution is -0.153. The Morgan fingerprint density at radius 2 is 1.84 bits per heavy atom. The van der Waals surface area contributed by atoms with Crippen molar-refractivity contribution in [3.05, 3.63) is 33.4 Å². The number of allylic oxidation sites excluding steroid dienone is 2. The second-order valence-corrected chi connectivity index (χ2v) is 9.62. The van der Waals surface area contributed by atoms with Crippen molar-refractivity contribution in [1.82, 2.24) is 0 Å². The van der Waals surface area contributed by atoms with Crippen LogP contribution in [0.2, 0.25) is 0 Å². The van der Waals surface area contributed by atoms with E-state index in [9.17, 15) is 9.59 Å². The number of ketones is 1. The number of aliphatic imine (C=N–C) groups is 1. The van der Waals surface area contributed by atoms with Gasteiger partial charge in [-0.05, 0) is 63.1 Å². The summed E-state index contributed by atoms with van der Waals surface area (Å²) in [7, 11) is 0. The van der Waals surface area contributed by atoms with Gasteiger partial charge in [0.25, 0.3) is 0 Å². The lowest BCUT2D eigenvalue weighted by atomic mass is 9.71. The highest BCUT2D eigenvalue weighted by atomic mass is 79.9. The van der Waals surface area contributed by atoms with Crippen LogP contribution in [0, 0.1) is 5.92 Å². The second kappa shape index (κ2) is 8.41. The number of carbonyl (C=O) groups excluding carboxylic acids is 2. The predicted octanol–water partition coefficient (Wildman–Crippen LogP) is 5.24. The van der Waals surface area contributed by atoms with Crippen LogP contribution in [-0.4, -0.2) is 30.4 Å². The summed E-state index contributed by atoms with van der Waals surface area (Å²) in [5.74, 6) is 0.000313. The summed E-state index contributed by atoms with van der Waals surface area (Å²) >= 11 is 3.66. The van der Waals surface area contributed by atoms with E-state index in [1.54, 1.807) is 0 Å². The lowest BCUT2D eigenvalue weighted by Crippen LogP contribution is -2.39. The van der Waals surface area contributed by atoms with Crippen LogP contribution in [-0.2, 0) is 14.3 Å². The molecule has 2 heterocycles. The number of hydrogen-bond donors (Lipinski definition) is 0. The maximum Gasteiger partial charge on any atom is 0.315 e. The van der Waals surface area contributed by atoms with Gasteiger partial charge in [-0.1, -0.05) is 22.4 Å². The maximum absolute atomic E-state index is 13.5. The van der Waals surface area contributed by atoms with Crippen LogP contribution in [0.15, 0.2) is 32.9 Å². The van der Waals surface area contributed by atoms with Crippen molar-refractivity contribution >= 4 is 33.4 Å². The van der Waals surface area contributed by atoms with Gasteiger partial charge in [-0.2, -0.15) is 0 Å². The minimum Gasteiger partial charge on any atom is -0.462 e. The zero-order valence-corrected chi connectivity index (χ0v) is 19.2. The molecule has 0 spiro atoms. The Kier molecular flexibility index (Phi) is 5.63. The third-order valence-corrected chi connectivity index (χ3v) is 7.44. The van der Waals surface area contributed by atoms with Gasteiger partial charge in [0.2, 0.25) is 6.79 Å². The molecule has 4 aliphatic rings. The van der Waals surface area contributed by atoms with Crippen LogP contribution >= 0.6 is 15.9 Å². The van der Waals surface area contributed by atoms with Crippen molar-refractivity contribution in [3.63, 3.8) is 0 Å². The highest BCUT2D eigenvalue weighted by Crippen LogP contribution is 2.48. The fourth-order valence-electron chi connectivity index (χ4n) is 5.24. The number of halogens is 1. The summed E-state index contributed by atoms with van der Waals surface area (Å²) in [6.07, 6.45) is 7.14. The van der Waals surface area contributed by atoms with Crippen molar-refractivity contribution in [3.8, 4) is 11.5 Å². The van der Waals surface area contributed by atoms with E-state index < -0.39 is 11.8 Å². The standard InChI is InChI=1S/C24H26BrNO5/c1-13-21(24(28)31-14-6-3-2-4-7-14)22(23-17(26-13)8-5-9-18(23)27)15-10-19-20(11-16(15)25)30-12-29-19/h10-11,14,21-22H,2-9,12H2,1H3/t21?,22-/m0/s1. The van der Waals surface area contributed by atoms with Gasteiger partial charge < -0.3 is 14.2 Å². The Labute approximate surface area is 190 Å². The summed E-state index contributed by atoms with van der Waals surface area (Å²) in [6.45, 7) is 2.04. The second-order valence-electron chi connectivity index (χ2n) is 8.77. The molecule has 0 amide bonds. The van der Waals surface area contributed by atoms with E-state index in [0.29, 0.717) is 29.2 Å². The molecule has 2 aliphatic heterocycles. The Morgan fingerprint density at radius 3 is 2.61 bits per heavy atom. The van der Waals surface area contributed by atoms with E-state index in [1.165, 1.54) is 6.42 Å². The number of ether oxygens (including phenoxy) is 3. The fourth-order valence-corrected chi connectivity index (χ4v) is 5.81. The molecule has 2 aliphatic carbocycles. The highest BCUT2D eigenvalue weighted by molar-refractivity contribution is 9.10. The number of esters is 1. The van der Waals surface area contributed by atoms with Crippen molar-refractivity contribution in [2.75, 3.05) is 6.79 Å². The Balaban J connectivity index is 1.57. The van der Waals surface area contributed by atoms with Gasteiger partial charge in [-0.3, -0.25) is 14.6 Å². The van der Waals surface area contributed by atoms with Gasteiger partial charge in [0.1, 0.15) is 12.0 Å². The van der Waals surface area contributed by atoms with Crippen LogP contribution in [0.4, 0.5) is 0 Å². The first kappa shape index (κ1) is 20.7. The molecular formula is C24H26BrNO5. The number of fused-ring (bicyclic) bond motifs is 1. The van der Waals surface area contributed by atoms with Gasteiger partial charge in [0.05, 0.1) is 0 Å². The van der Waals surface area contributed by atoms with E-state index in [-0.39, 0.29) is 24.6 Å². The molecule has 6 nitrogen and oxygen atoms in total. The van der Waals surface area contributed by atoms with Gasteiger partial charge in [-0.25, -0.2) is 0 Å². The topological polar surface area (TPSA) is 74.2 Å². The van der Waals surface area contributed by atoms with Crippen LogP contribution < -0.4 is 9.47 Å². The van der Waals surface area contributed by atoms with E-state index >= 15 is 0 Å². The largest absolute Gasteiger partial charge is 0.462 e. The summed E-state index contributed by atoms with van der Waals surface area (Å²) in [4.78, 5) is 31.3. The molecule has 0 aromatic heterocycles. The van der Waals surface area contributed by atoms with Gasteiger partial charge >= 0.3 is 5.97 Å². The molecule has 0 saturated heterocycles. The minimum absolute atomic E-state index is 0.0488. The van der Waals surface area contributed by atoms with Crippen LogP contribution in [0.1, 0.15) is 69.8 Å². The molecule has 7 heteroatoms. The number of benzene rings is 1. The molecule has 164 valence electrons. The molecule has 5 rings (SSSR count). The van der Waals surface area contributed by atoms with Crippen LogP contribution in [0.3, 0.4) is 0 Å². The van der Waals surface area contributed by atoms with Crippen molar-refractivity contribution < 1.29 is 23.8 Å². The molecule has 0 N–H and O–H groups in total. The predicted molar refractivity (Wildman–Crippen MR) is 118 cm³/mol. The molecule has 1 unspecified atom stereocenters. The first-order chi connectivity index (χ1) is 15.0. The van der Waals surface area contributed by atoms with Crippen LogP contribution in [0.25, 0.3) is 0 Å². The molecule has 1 aromatic carbocycles. The average molecular weight is 488 g/mol. The Morgan fingerprint density at radius 1 is 1.10 bits per heavy atom. The van der Waals surface area contributed by atoms with Crippen molar-refractivity contribution in [2.24, 2.45) is 10.9 Å². The maximum atomic E-state index is 13.5. The highest BCUT2D eigenvalue weighted by Gasteiger charge is 2.45. The molecular weight excluding hydrogens is 462 g/mol. The SMILES string of the molecule is CC1=NC2=C(C(=O)CCC2)[C@@H](c2cc3c(cc2Br)OCO3)C1C(=O)OC1CCCCC1.